The van der Waals surface area contributed by atoms with E-state index in [1.165, 1.54) is 0 Å². The van der Waals surface area contributed by atoms with Gasteiger partial charge >= 0.3 is 0 Å². The number of hydrazone groups is 2. The predicted molar refractivity (Wildman–Crippen MR) is 77.3 cm³/mol. The van der Waals surface area contributed by atoms with Crippen LogP contribution in [-0.2, 0) is 0 Å². The predicted octanol–water partition coefficient (Wildman–Crippen LogP) is 2.36. The second kappa shape index (κ2) is 6.85. The lowest BCUT2D eigenvalue weighted by Gasteiger charge is -1.99. The van der Waals surface area contributed by atoms with Gasteiger partial charge in [0.1, 0.15) is 11.6 Å². The van der Waals surface area contributed by atoms with E-state index in [1.54, 1.807) is 18.6 Å². The van der Waals surface area contributed by atoms with Crippen LogP contribution >= 0.6 is 0 Å². The fraction of sp³-hybridized carbons (Fsp3) is 0.0769. The first kappa shape index (κ1) is 12.7. The molecule has 2 rings (SSSR count). The molecule has 0 fully saturated rings. The zero-order chi connectivity index (χ0) is 13.3. The number of hydrogen-bond acceptors (Lipinski definition) is 6. The molecule has 0 unspecified atom stereocenters. The molecule has 2 aromatic heterocycles. The van der Waals surface area contributed by atoms with Gasteiger partial charge in [0.15, 0.2) is 0 Å². The normalized spacial score (nSPS) is 11.5. The van der Waals surface area contributed by atoms with Gasteiger partial charge in [0.05, 0.1) is 11.9 Å². The SMILES string of the molecule is CC(/C=N/Nc1ccccn1)=N\Nc1ccccn1. The molecule has 2 N–H and O–H groups in total. The molecule has 0 aliphatic carbocycles. The molecule has 0 bridgehead atoms. The Bertz CT molecular complexity index is 550. The van der Waals surface area contributed by atoms with Gasteiger partial charge in [-0.15, -0.1) is 0 Å². The van der Waals surface area contributed by atoms with Crippen molar-refractivity contribution in [2.24, 2.45) is 10.2 Å². The average Bonchev–Trinajstić information content (AvgIpc) is 2.47. The summed E-state index contributed by atoms with van der Waals surface area (Å²) in [6, 6.07) is 11.1. The Morgan fingerprint density at radius 2 is 1.63 bits per heavy atom. The summed E-state index contributed by atoms with van der Waals surface area (Å²) in [5.41, 5.74) is 6.36. The van der Waals surface area contributed by atoms with Crippen LogP contribution in [0.3, 0.4) is 0 Å². The van der Waals surface area contributed by atoms with Crippen LogP contribution in [0.1, 0.15) is 6.92 Å². The number of hydrogen-bond donors (Lipinski definition) is 2. The third-order valence-corrected chi connectivity index (χ3v) is 2.11. The molecule has 96 valence electrons. The summed E-state index contributed by atoms with van der Waals surface area (Å²) in [5, 5.41) is 8.15. The largest absolute Gasteiger partial charge is 0.261 e. The molecule has 2 aromatic rings. The van der Waals surface area contributed by atoms with Crippen molar-refractivity contribution in [2.45, 2.75) is 6.92 Å². The second-order valence-corrected chi connectivity index (χ2v) is 3.66. The molecule has 0 aromatic carbocycles. The molecule has 0 aliphatic rings. The van der Waals surface area contributed by atoms with Crippen LogP contribution in [-0.4, -0.2) is 21.9 Å². The molecule has 0 saturated heterocycles. The monoisotopic (exact) mass is 254 g/mol. The minimum atomic E-state index is 0.684. The first-order valence-electron chi connectivity index (χ1n) is 5.76. The molecular weight excluding hydrogens is 240 g/mol. The quantitative estimate of drug-likeness (QED) is 0.634. The highest BCUT2D eigenvalue weighted by molar-refractivity contribution is 6.29. The third-order valence-electron chi connectivity index (χ3n) is 2.11. The van der Waals surface area contributed by atoms with E-state index in [9.17, 15) is 0 Å². The van der Waals surface area contributed by atoms with E-state index in [1.807, 2.05) is 43.3 Å². The van der Waals surface area contributed by atoms with Crippen molar-refractivity contribution in [3.8, 4) is 0 Å². The van der Waals surface area contributed by atoms with Crippen LogP contribution in [0.2, 0.25) is 0 Å². The summed E-state index contributed by atoms with van der Waals surface area (Å²) < 4.78 is 0. The molecule has 6 nitrogen and oxygen atoms in total. The van der Waals surface area contributed by atoms with Crippen LogP contribution in [0.5, 0.6) is 0 Å². The number of pyridine rings is 2. The van der Waals surface area contributed by atoms with E-state index in [-0.39, 0.29) is 0 Å². The van der Waals surface area contributed by atoms with Gasteiger partial charge in [-0.25, -0.2) is 9.97 Å². The maximum Gasteiger partial charge on any atom is 0.146 e. The number of nitrogens with one attached hydrogen (secondary N) is 2. The Morgan fingerprint density at radius 1 is 1.00 bits per heavy atom. The highest BCUT2D eigenvalue weighted by Crippen LogP contribution is 2.00. The van der Waals surface area contributed by atoms with E-state index >= 15 is 0 Å². The first-order chi connectivity index (χ1) is 9.34. The highest BCUT2D eigenvalue weighted by Gasteiger charge is 1.90. The minimum absolute atomic E-state index is 0.684. The lowest BCUT2D eigenvalue weighted by atomic mass is 10.5. The van der Waals surface area contributed by atoms with Gasteiger partial charge in [0, 0.05) is 12.4 Å². The molecule has 19 heavy (non-hydrogen) atoms. The molecule has 6 heteroatoms. The van der Waals surface area contributed by atoms with Gasteiger partial charge in [0.2, 0.25) is 0 Å². The Morgan fingerprint density at radius 3 is 2.21 bits per heavy atom. The summed E-state index contributed by atoms with van der Waals surface area (Å²) in [7, 11) is 0. The van der Waals surface area contributed by atoms with Crippen molar-refractivity contribution in [2.75, 3.05) is 10.9 Å². The fourth-order valence-corrected chi connectivity index (χ4v) is 1.22. The van der Waals surface area contributed by atoms with Crippen LogP contribution in [0, 0.1) is 0 Å². The van der Waals surface area contributed by atoms with Gasteiger partial charge in [-0.3, -0.25) is 10.9 Å². The summed E-state index contributed by atoms with van der Waals surface area (Å²) in [5.74, 6) is 1.37. The Kier molecular flexibility index (Phi) is 4.58. The van der Waals surface area contributed by atoms with E-state index in [2.05, 4.69) is 31.0 Å². The van der Waals surface area contributed by atoms with Crippen molar-refractivity contribution in [1.29, 1.82) is 0 Å². The average molecular weight is 254 g/mol. The molecule has 0 spiro atoms. The van der Waals surface area contributed by atoms with Crippen molar-refractivity contribution in [3.63, 3.8) is 0 Å². The van der Waals surface area contributed by atoms with Crippen molar-refractivity contribution in [3.05, 3.63) is 48.8 Å². The van der Waals surface area contributed by atoms with Crippen molar-refractivity contribution >= 4 is 23.6 Å². The van der Waals surface area contributed by atoms with Gasteiger partial charge in [0.25, 0.3) is 0 Å². The van der Waals surface area contributed by atoms with Crippen LogP contribution in [0.15, 0.2) is 59.0 Å². The van der Waals surface area contributed by atoms with Crippen molar-refractivity contribution in [1.82, 2.24) is 9.97 Å². The van der Waals surface area contributed by atoms with Crippen LogP contribution < -0.4 is 10.9 Å². The number of rotatable bonds is 5. The Balaban J connectivity index is 1.85. The number of anilines is 2. The molecule has 0 aliphatic heterocycles. The lowest BCUT2D eigenvalue weighted by Crippen LogP contribution is -2.02. The smallest absolute Gasteiger partial charge is 0.146 e. The molecule has 2 heterocycles. The fourth-order valence-electron chi connectivity index (χ4n) is 1.22. The number of aromatic nitrogens is 2. The first-order valence-corrected chi connectivity index (χ1v) is 5.76. The third kappa shape index (κ3) is 4.55. The van der Waals surface area contributed by atoms with E-state index in [0.29, 0.717) is 17.3 Å². The second-order valence-electron chi connectivity index (χ2n) is 3.66. The zero-order valence-corrected chi connectivity index (χ0v) is 10.5. The van der Waals surface area contributed by atoms with E-state index in [0.717, 1.165) is 0 Å². The van der Waals surface area contributed by atoms with Crippen LogP contribution in [0.25, 0.3) is 0 Å². The van der Waals surface area contributed by atoms with Gasteiger partial charge in [-0.1, -0.05) is 12.1 Å². The lowest BCUT2D eigenvalue weighted by molar-refractivity contribution is 1.22. The number of nitrogens with zero attached hydrogens (tertiary/aromatic N) is 4. The maximum absolute atomic E-state index is 4.12. The Hall–Kier alpha value is -2.76. The summed E-state index contributed by atoms with van der Waals surface area (Å²) in [4.78, 5) is 8.17. The summed E-state index contributed by atoms with van der Waals surface area (Å²) in [6.07, 6.45) is 5.00. The molecule has 0 saturated carbocycles. The molecule has 0 atom stereocenters. The Labute approximate surface area is 111 Å². The summed E-state index contributed by atoms with van der Waals surface area (Å²) in [6.45, 7) is 1.83. The van der Waals surface area contributed by atoms with Crippen LogP contribution in [0.4, 0.5) is 11.6 Å². The standard InChI is InChI=1S/C13H14N6/c1-11(17-19-13-7-3-5-9-15-13)10-16-18-12-6-2-4-8-14-12/h2-10H,1H3,(H,14,18)(H,15,19)/b16-10+,17-11+. The van der Waals surface area contributed by atoms with E-state index in [4.69, 9.17) is 0 Å². The topological polar surface area (TPSA) is 74.6 Å². The van der Waals surface area contributed by atoms with Gasteiger partial charge in [-0.05, 0) is 31.2 Å². The molecule has 0 amide bonds. The van der Waals surface area contributed by atoms with Gasteiger partial charge < -0.3 is 0 Å². The molecular formula is C13H14N6. The van der Waals surface area contributed by atoms with E-state index < -0.39 is 0 Å². The zero-order valence-electron chi connectivity index (χ0n) is 10.5. The summed E-state index contributed by atoms with van der Waals surface area (Å²) >= 11 is 0. The van der Waals surface area contributed by atoms with Gasteiger partial charge in [-0.2, -0.15) is 10.2 Å². The van der Waals surface area contributed by atoms with Crippen molar-refractivity contribution < 1.29 is 0 Å². The maximum atomic E-state index is 4.12. The minimum Gasteiger partial charge on any atom is -0.261 e. The highest BCUT2D eigenvalue weighted by atomic mass is 15.3. The molecule has 0 radical (unpaired) electrons.